The molecule has 8 nitrogen and oxygen atoms in total. The minimum Gasteiger partial charge on any atom is -0.497 e. The maximum atomic E-state index is 13.4. The van der Waals surface area contributed by atoms with Gasteiger partial charge in [0.2, 0.25) is 10.0 Å². The van der Waals surface area contributed by atoms with Crippen LogP contribution in [0.4, 0.5) is 10.1 Å². The first-order valence-electron chi connectivity index (χ1n) is 8.02. The second-order valence-electron chi connectivity index (χ2n) is 5.65. The van der Waals surface area contributed by atoms with E-state index < -0.39 is 28.3 Å². The van der Waals surface area contributed by atoms with Gasteiger partial charge in [-0.25, -0.2) is 18.2 Å². The maximum absolute atomic E-state index is 13.4. The van der Waals surface area contributed by atoms with Crippen molar-refractivity contribution >= 4 is 27.8 Å². The van der Waals surface area contributed by atoms with E-state index in [1.165, 1.54) is 38.6 Å². The molecule has 1 amide bonds. The summed E-state index contributed by atoms with van der Waals surface area (Å²) in [4.78, 5) is 12.1. The monoisotopic (exact) mass is 409 g/mol. The zero-order chi connectivity index (χ0) is 20.7. The molecule has 0 spiro atoms. The van der Waals surface area contributed by atoms with E-state index in [-0.39, 0.29) is 5.69 Å². The van der Waals surface area contributed by atoms with Crippen LogP contribution in [0.5, 0.6) is 11.5 Å². The topological polar surface area (TPSA) is 97.3 Å². The summed E-state index contributed by atoms with van der Waals surface area (Å²) in [5, 5.41) is 3.82. The van der Waals surface area contributed by atoms with Crippen LogP contribution in [0.2, 0.25) is 0 Å². The van der Waals surface area contributed by atoms with E-state index in [9.17, 15) is 17.6 Å². The Morgan fingerprint density at radius 3 is 2.57 bits per heavy atom. The van der Waals surface area contributed by atoms with Gasteiger partial charge in [-0.05, 0) is 36.4 Å². The van der Waals surface area contributed by atoms with Crippen molar-refractivity contribution in [2.75, 3.05) is 31.3 Å². The van der Waals surface area contributed by atoms with Crippen molar-refractivity contribution in [2.45, 2.75) is 0 Å². The first-order chi connectivity index (χ1) is 13.2. The first-order valence-corrected chi connectivity index (χ1v) is 9.86. The van der Waals surface area contributed by atoms with Gasteiger partial charge in [-0.3, -0.25) is 9.10 Å². The molecule has 2 rings (SSSR count). The molecule has 0 bridgehead atoms. The van der Waals surface area contributed by atoms with Crippen LogP contribution >= 0.6 is 0 Å². The minimum absolute atomic E-state index is 0.0381. The van der Waals surface area contributed by atoms with Crippen LogP contribution in [-0.4, -0.2) is 47.6 Å². The second-order valence-corrected chi connectivity index (χ2v) is 7.56. The second kappa shape index (κ2) is 9.18. The number of benzene rings is 2. The highest BCUT2D eigenvalue weighted by Gasteiger charge is 2.21. The summed E-state index contributed by atoms with van der Waals surface area (Å²) in [6.07, 6.45) is 2.27. The van der Waals surface area contributed by atoms with Crippen molar-refractivity contribution in [1.29, 1.82) is 0 Å². The number of sulfonamides is 1. The van der Waals surface area contributed by atoms with Crippen molar-refractivity contribution in [1.82, 2.24) is 5.43 Å². The Morgan fingerprint density at radius 1 is 1.21 bits per heavy atom. The van der Waals surface area contributed by atoms with Crippen molar-refractivity contribution in [3.8, 4) is 11.5 Å². The van der Waals surface area contributed by atoms with Crippen molar-refractivity contribution in [2.24, 2.45) is 5.10 Å². The number of nitrogens with one attached hydrogen (secondary N) is 1. The Labute approximate surface area is 162 Å². The third-order valence-corrected chi connectivity index (χ3v) is 4.75. The lowest BCUT2D eigenvalue weighted by molar-refractivity contribution is -0.119. The van der Waals surface area contributed by atoms with Gasteiger partial charge in [0.05, 0.1) is 32.4 Å². The lowest BCUT2D eigenvalue weighted by Gasteiger charge is -2.21. The summed E-state index contributed by atoms with van der Waals surface area (Å²) in [7, 11) is -0.812. The Kier molecular flexibility index (Phi) is 6.94. The van der Waals surface area contributed by atoms with Crippen molar-refractivity contribution in [3.05, 3.63) is 53.8 Å². The highest BCUT2D eigenvalue weighted by molar-refractivity contribution is 7.92. The summed E-state index contributed by atoms with van der Waals surface area (Å²) < 4.78 is 48.5. The minimum atomic E-state index is -3.81. The number of carbonyl (C=O) groups excluding carboxylic acids is 1. The number of anilines is 1. The first kappa shape index (κ1) is 21.2. The van der Waals surface area contributed by atoms with Gasteiger partial charge >= 0.3 is 0 Å². The smallest absolute Gasteiger partial charge is 0.260 e. The standard InChI is InChI=1S/C18H20FN3O5S/c1-26-16-7-8-17(27-2)13(9-16)11-20-21-18(23)12-22(28(3,24)25)15-6-4-5-14(19)10-15/h4-11H,12H2,1-3H3,(H,21,23)/b20-11-. The van der Waals surface area contributed by atoms with Gasteiger partial charge < -0.3 is 9.47 Å². The fourth-order valence-corrected chi connectivity index (χ4v) is 3.16. The van der Waals surface area contributed by atoms with Gasteiger partial charge in [-0.15, -0.1) is 0 Å². The number of rotatable bonds is 8. The van der Waals surface area contributed by atoms with Crippen LogP contribution in [0, 0.1) is 5.82 Å². The number of hydrazone groups is 1. The number of nitrogens with zero attached hydrogens (tertiary/aromatic N) is 2. The number of methoxy groups -OCH3 is 2. The van der Waals surface area contributed by atoms with Crippen molar-refractivity contribution < 1.29 is 27.1 Å². The van der Waals surface area contributed by atoms with E-state index in [2.05, 4.69) is 10.5 Å². The number of hydrogen-bond donors (Lipinski definition) is 1. The van der Waals surface area contributed by atoms with Crippen LogP contribution in [-0.2, 0) is 14.8 Å². The summed E-state index contributed by atoms with van der Waals surface area (Å²) in [5.74, 6) is -0.234. The molecule has 2 aromatic rings. The Balaban J connectivity index is 2.13. The van der Waals surface area contributed by atoms with Crippen LogP contribution in [0.15, 0.2) is 47.6 Å². The number of halogens is 1. The highest BCUT2D eigenvalue weighted by atomic mass is 32.2. The molecule has 0 saturated carbocycles. The van der Waals surface area contributed by atoms with Gasteiger partial charge in [0.1, 0.15) is 23.9 Å². The number of carbonyl (C=O) groups is 1. The normalized spacial score (nSPS) is 11.3. The van der Waals surface area contributed by atoms with E-state index in [4.69, 9.17) is 9.47 Å². The van der Waals surface area contributed by atoms with Crippen LogP contribution in [0.25, 0.3) is 0 Å². The molecule has 28 heavy (non-hydrogen) atoms. The molecule has 2 aromatic carbocycles. The SMILES string of the molecule is COc1ccc(OC)c(/C=N\NC(=O)CN(c2cccc(F)c2)S(C)(=O)=O)c1. The maximum Gasteiger partial charge on any atom is 0.260 e. The molecule has 0 aliphatic carbocycles. The zero-order valence-corrected chi connectivity index (χ0v) is 16.4. The number of ether oxygens (including phenoxy) is 2. The largest absolute Gasteiger partial charge is 0.497 e. The molecule has 0 unspecified atom stereocenters. The molecule has 0 aromatic heterocycles. The average molecular weight is 409 g/mol. The van der Waals surface area contributed by atoms with Gasteiger partial charge in [-0.1, -0.05) is 6.07 Å². The molecule has 1 N–H and O–H groups in total. The summed E-state index contributed by atoms with van der Waals surface area (Å²) in [6.45, 7) is -0.561. The molecule has 0 aliphatic heterocycles. The molecule has 150 valence electrons. The van der Waals surface area contributed by atoms with Crippen molar-refractivity contribution in [3.63, 3.8) is 0 Å². The molecule has 0 radical (unpaired) electrons. The predicted molar refractivity (Wildman–Crippen MR) is 104 cm³/mol. The molecular formula is C18H20FN3O5S. The Hall–Kier alpha value is -3.14. The zero-order valence-electron chi connectivity index (χ0n) is 15.5. The van der Waals surface area contributed by atoms with Crippen LogP contribution in [0.3, 0.4) is 0 Å². The van der Waals surface area contributed by atoms with Gasteiger partial charge in [0.15, 0.2) is 0 Å². The van der Waals surface area contributed by atoms with Gasteiger partial charge in [0.25, 0.3) is 5.91 Å². The lowest BCUT2D eigenvalue weighted by atomic mass is 10.2. The van der Waals surface area contributed by atoms with Gasteiger partial charge in [0, 0.05) is 5.56 Å². The lowest BCUT2D eigenvalue weighted by Crippen LogP contribution is -2.39. The Bertz CT molecular complexity index is 979. The predicted octanol–water partition coefficient (Wildman–Crippen LogP) is 1.76. The third-order valence-electron chi connectivity index (χ3n) is 3.61. The van der Waals surface area contributed by atoms with Gasteiger partial charge in [-0.2, -0.15) is 5.10 Å². The fourth-order valence-electron chi connectivity index (χ4n) is 2.31. The molecule has 0 heterocycles. The fraction of sp³-hybridized carbons (Fsp3) is 0.222. The average Bonchev–Trinajstić information content (AvgIpc) is 2.65. The van der Waals surface area contributed by atoms with Crippen LogP contribution in [0.1, 0.15) is 5.56 Å². The summed E-state index contributed by atoms with van der Waals surface area (Å²) in [5.41, 5.74) is 2.83. The highest BCUT2D eigenvalue weighted by Crippen LogP contribution is 2.22. The number of hydrogen-bond acceptors (Lipinski definition) is 6. The quantitative estimate of drug-likeness (QED) is 0.529. The number of amides is 1. The molecule has 0 saturated heterocycles. The Morgan fingerprint density at radius 2 is 1.96 bits per heavy atom. The molecular weight excluding hydrogens is 389 g/mol. The molecule has 0 fully saturated rings. The molecule has 0 atom stereocenters. The van der Waals surface area contributed by atoms with E-state index in [1.54, 1.807) is 18.2 Å². The van der Waals surface area contributed by atoms with E-state index >= 15 is 0 Å². The van der Waals surface area contributed by atoms with E-state index in [1.807, 2.05) is 0 Å². The molecule has 0 aliphatic rings. The van der Waals surface area contributed by atoms with Crippen LogP contribution < -0.4 is 19.2 Å². The van der Waals surface area contributed by atoms with E-state index in [0.717, 1.165) is 16.6 Å². The molecule has 10 heteroatoms. The summed E-state index contributed by atoms with van der Waals surface area (Å²) >= 11 is 0. The van der Waals surface area contributed by atoms with E-state index in [0.29, 0.717) is 17.1 Å². The summed E-state index contributed by atoms with van der Waals surface area (Å²) in [6, 6.07) is 9.99. The third kappa shape index (κ3) is 5.68.